The van der Waals surface area contributed by atoms with Crippen molar-refractivity contribution in [2.24, 2.45) is 12.1 Å². The lowest BCUT2D eigenvalue weighted by Gasteiger charge is -2.11. The van der Waals surface area contributed by atoms with Gasteiger partial charge in [0.25, 0.3) is 5.91 Å². The lowest BCUT2D eigenvalue weighted by atomic mass is 10.2. The number of benzene rings is 1. The molecule has 1 aromatic heterocycles. The van der Waals surface area contributed by atoms with Crippen molar-refractivity contribution in [1.82, 2.24) is 15.2 Å². The molecule has 104 valence electrons. The number of amides is 1. The third-order valence-electron chi connectivity index (χ3n) is 2.74. The summed E-state index contributed by atoms with van der Waals surface area (Å²) < 4.78 is 1.57. The minimum Gasteiger partial charge on any atom is -0.378 e. The highest BCUT2D eigenvalue weighted by molar-refractivity contribution is 5.93. The van der Waals surface area contributed by atoms with Crippen molar-refractivity contribution in [2.45, 2.75) is 0 Å². The Morgan fingerprint density at radius 3 is 2.55 bits per heavy atom. The summed E-state index contributed by atoms with van der Waals surface area (Å²) in [7, 11) is 5.72. The van der Waals surface area contributed by atoms with Crippen LogP contribution in [0.5, 0.6) is 0 Å². The summed E-state index contributed by atoms with van der Waals surface area (Å²) in [6.07, 6.45) is 3.30. The molecular weight excluding hydrogens is 254 g/mol. The topological polar surface area (TPSA) is 62.5 Å². The quantitative estimate of drug-likeness (QED) is 0.672. The van der Waals surface area contributed by atoms with Crippen LogP contribution in [-0.4, -0.2) is 36.0 Å². The lowest BCUT2D eigenvalue weighted by molar-refractivity contribution is 0.0949. The molecule has 1 aromatic carbocycles. The van der Waals surface area contributed by atoms with E-state index in [2.05, 4.69) is 15.6 Å². The first-order valence-electron chi connectivity index (χ1n) is 6.17. The fraction of sp³-hybridized carbons (Fsp3) is 0.214. The molecule has 0 aliphatic rings. The van der Waals surface area contributed by atoms with Crippen molar-refractivity contribution >= 4 is 17.8 Å². The summed E-state index contributed by atoms with van der Waals surface area (Å²) in [5.41, 5.74) is 4.81. The molecule has 0 bridgehead atoms. The van der Waals surface area contributed by atoms with Crippen LogP contribution >= 0.6 is 0 Å². The summed E-state index contributed by atoms with van der Waals surface area (Å²) in [5, 5.41) is 7.91. The van der Waals surface area contributed by atoms with Crippen LogP contribution in [0, 0.1) is 0 Å². The Morgan fingerprint density at radius 2 is 2.00 bits per heavy atom. The van der Waals surface area contributed by atoms with Gasteiger partial charge in [0, 0.05) is 33.0 Å². The summed E-state index contributed by atoms with van der Waals surface area (Å²) in [4.78, 5) is 13.7. The third-order valence-corrected chi connectivity index (χ3v) is 2.74. The summed E-state index contributed by atoms with van der Waals surface area (Å²) in [5.74, 6) is -0.327. The standard InChI is InChI=1S/C14H17N5O/c1-18(2)12-6-4-11(5-7-12)10-15-16-14(20)13-8-9-19(3)17-13/h4-10H,1-3H3,(H,16,20). The number of rotatable bonds is 4. The average molecular weight is 271 g/mol. The molecule has 0 saturated heterocycles. The highest BCUT2D eigenvalue weighted by Crippen LogP contribution is 2.10. The molecule has 20 heavy (non-hydrogen) atoms. The zero-order chi connectivity index (χ0) is 14.5. The number of nitrogens with zero attached hydrogens (tertiary/aromatic N) is 4. The molecule has 0 unspecified atom stereocenters. The first kappa shape index (κ1) is 13.8. The molecular formula is C14H17N5O. The normalized spacial score (nSPS) is 10.8. The van der Waals surface area contributed by atoms with E-state index in [-0.39, 0.29) is 5.91 Å². The second-order valence-electron chi connectivity index (χ2n) is 4.56. The first-order chi connectivity index (χ1) is 9.56. The Kier molecular flexibility index (Phi) is 4.14. The van der Waals surface area contributed by atoms with E-state index in [1.807, 2.05) is 43.3 Å². The molecule has 0 fully saturated rings. The Bertz CT molecular complexity index is 613. The van der Waals surface area contributed by atoms with Gasteiger partial charge in [0.1, 0.15) is 0 Å². The van der Waals surface area contributed by atoms with Crippen molar-refractivity contribution in [3.63, 3.8) is 0 Å². The van der Waals surface area contributed by atoms with Gasteiger partial charge in [0.15, 0.2) is 5.69 Å². The van der Waals surface area contributed by atoms with Gasteiger partial charge >= 0.3 is 0 Å². The lowest BCUT2D eigenvalue weighted by Crippen LogP contribution is -2.18. The zero-order valence-corrected chi connectivity index (χ0v) is 11.7. The highest BCUT2D eigenvalue weighted by atomic mass is 16.2. The van der Waals surface area contributed by atoms with E-state index in [9.17, 15) is 4.79 Å². The minimum atomic E-state index is -0.327. The number of anilines is 1. The van der Waals surface area contributed by atoms with Crippen LogP contribution in [0.2, 0.25) is 0 Å². The summed E-state index contributed by atoms with van der Waals surface area (Å²) in [6, 6.07) is 9.48. The van der Waals surface area contributed by atoms with Gasteiger partial charge in [-0.1, -0.05) is 12.1 Å². The van der Waals surface area contributed by atoms with Crippen LogP contribution in [0.25, 0.3) is 0 Å². The van der Waals surface area contributed by atoms with E-state index >= 15 is 0 Å². The fourth-order valence-electron chi connectivity index (χ4n) is 1.62. The van der Waals surface area contributed by atoms with E-state index in [0.717, 1.165) is 11.3 Å². The maximum atomic E-state index is 11.7. The Morgan fingerprint density at radius 1 is 1.30 bits per heavy atom. The minimum absolute atomic E-state index is 0.327. The highest BCUT2D eigenvalue weighted by Gasteiger charge is 2.06. The molecule has 1 heterocycles. The number of carbonyl (C=O) groups excluding carboxylic acids is 1. The number of hydrogen-bond acceptors (Lipinski definition) is 4. The molecule has 0 spiro atoms. The molecule has 2 rings (SSSR count). The number of aromatic nitrogens is 2. The second kappa shape index (κ2) is 6.01. The SMILES string of the molecule is CN(C)c1ccc(C=NNC(=O)c2ccn(C)n2)cc1. The number of nitrogens with one attached hydrogen (secondary N) is 1. The van der Waals surface area contributed by atoms with Crippen LogP contribution in [-0.2, 0) is 7.05 Å². The van der Waals surface area contributed by atoms with Crippen molar-refractivity contribution in [1.29, 1.82) is 0 Å². The first-order valence-corrected chi connectivity index (χ1v) is 6.17. The molecule has 0 radical (unpaired) electrons. The van der Waals surface area contributed by atoms with E-state index in [0.29, 0.717) is 5.69 Å². The van der Waals surface area contributed by atoms with E-state index < -0.39 is 0 Å². The van der Waals surface area contributed by atoms with Crippen LogP contribution in [0.15, 0.2) is 41.6 Å². The van der Waals surface area contributed by atoms with Crippen molar-refractivity contribution < 1.29 is 4.79 Å². The molecule has 6 heteroatoms. The number of aryl methyl sites for hydroxylation is 1. The molecule has 2 aromatic rings. The zero-order valence-electron chi connectivity index (χ0n) is 11.7. The van der Waals surface area contributed by atoms with Crippen molar-refractivity contribution in [3.8, 4) is 0 Å². The molecule has 0 atom stereocenters. The predicted molar refractivity (Wildman–Crippen MR) is 79.0 cm³/mol. The molecule has 0 aliphatic carbocycles. The summed E-state index contributed by atoms with van der Waals surface area (Å²) >= 11 is 0. The van der Waals surface area contributed by atoms with Gasteiger partial charge in [-0.3, -0.25) is 9.48 Å². The van der Waals surface area contributed by atoms with Gasteiger partial charge in [-0.05, 0) is 23.8 Å². The van der Waals surface area contributed by atoms with Crippen LogP contribution in [0.3, 0.4) is 0 Å². The van der Waals surface area contributed by atoms with Crippen molar-refractivity contribution in [2.75, 3.05) is 19.0 Å². The van der Waals surface area contributed by atoms with Crippen LogP contribution in [0.4, 0.5) is 5.69 Å². The second-order valence-corrected chi connectivity index (χ2v) is 4.56. The Hall–Kier alpha value is -2.63. The van der Waals surface area contributed by atoms with Crippen molar-refractivity contribution in [3.05, 3.63) is 47.8 Å². The molecule has 0 saturated carbocycles. The maximum absolute atomic E-state index is 11.7. The Labute approximate surface area is 117 Å². The molecule has 6 nitrogen and oxygen atoms in total. The van der Waals surface area contributed by atoms with E-state index in [1.165, 1.54) is 0 Å². The van der Waals surface area contributed by atoms with Crippen LogP contribution in [0.1, 0.15) is 16.1 Å². The predicted octanol–water partition coefficient (Wildman–Crippen LogP) is 1.25. The van der Waals surface area contributed by atoms with E-state index in [4.69, 9.17) is 0 Å². The van der Waals surface area contributed by atoms with Gasteiger partial charge in [-0.2, -0.15) is 10.2 Å². The molecule has 1 N–H and O–H groups in total. The smallest absolute Gasteiger partial charge is 0.291 e. The third kappa shape index (κ3) is 3.44. The summed E-state index contributed by atoms with van der Waals surface area (Å²) in [6.45, 7) is 0. The van der Waals surface area contributed by atoms with Crippen LogP contribution < -0.4 is 10.3 Å². The number of hydrogen-bond donors (Lipinski definition) is 1. The van der Waals surface area contributed by atoms with Gasteiger partial charge < -0.3 is 4.90 Å². The molecule has 1 amide bonds. The maximum Gasteiger partial charge on any atom is 0.291 e. The molecule has 0 aliphatic heterocycles. The number of hydrazone groups is 1. The van der Waals surface area contributed by atoms with Gasteiger partial charge in [0.2, 0.25) is 0 Å². The monoisotopic (exact) mass is 271 g/mol. The van der Waals surface area contributed by atoms with Gasteiger partial charge in [0.05, 0.1) is 6.21 Å². The fourth-order valence-corrected chi connectivity index (χ4v) is 1.62. The van der Waals surface area contributed by atoms with Gasteiger partial charge in [-0.15, -0.1) is 0 Å². The van der Waals surface area contributed by atoms with Gasteiger partial charge in [-0.25, -0.2) is 5.43 Å². The Balaban J connectivity index is 1.94. The van der Waals surface area contributed by atoms with E-state index in [1.54, 1.807) is 30.2 Å². The largest absolute Gasteiger partial charge is 0.378 e. The number of carbonyl (C=O) groups is 1. The average Bonchev–Trinajstić information content (AvgIpc) is 2.86.